The van der Waals surface area contributed by atoms with E-state index in [0.29, 0.717) is 28.9 Å². The van der Waals surface area contributed by atoms with Gasteiger partial charge >= 0.3 is 0 Å². The second-order valence-electron chi connectivity index (χ2n) is 5.89. The average molecular weight is 410 g/mol. The van der Waals surface area contributed by atoms with E-state index >= 15 is 0 Å². The van der Waals surface area contributed by atoms with Crippen LogP contribution in [0.4, 0.5) is 10.8 Å². The summed E-state index contributed by atoms with van der Waals surface area (Å²) in [5, 5.41) is 2.44. The predicted octanol–water partition coefficient (Wildman–Crippen LogP) is 5.08. The average Bonchev–Trinajstić information content (AvgIpc) is 3.24. The molecule has 0 spiro atoms. The van der Waals surface area contributed by atoms with Gasteiger partial charge in [-0.15, -0.1) is 11.3 Å². The smallest absolute Gasteiger partial charge is 0.256 e. The van der Waals surface area contributed by atoms with Crippen LogP contribution in [0.3, 0.4) is 0 Å². The van der Waals surface area contributed by atoms with E-state index in [1.54, 1.807) is 32.4 Å². The van der Waals surface area contributed by atoms with Crippen molar-refractivity contribution in [2.75, 3.05) is 25.7 Å². The summed E-state index contributed by atoms with van der Waals surface area (Å²) in [4.78, 5) is 18.8. The van der Waals surface area contributed by atoms with Gasteiger partial charge in [0.05, 0.1) is 32.2 Å². The van der Waals surface area contributed by atoms with Gasteiger partial charge in [-0.3, -0.25) is 9.69 Å². The van der Waals surface area contributed by atoms with Crippen molar-refractivity contribution >= 4 is 28.1 Å². The summed E-state index contributed by atoms with van der Waals surface area (Å²) in [5.41, 5.74) is 2.32. The highest BCUT2D eigenvalue weighted by molar-refractivity contribution is 7.14. The molecular weight excluding hydrogens is 388 g/mol. The number of rotatable bonds is 8. The highest BCUT2D eigenvalue weighted by Crippen LogP contribution is 2.37. The van der Waals surface area contributed by atoms with Crippen molar-refractivity contribution in [1.29, 1.82) is 0 Å². The normalized spacial score (nSPS) is 10.3. The number of anilines is 2. The van der Waals surface area contributed by atoms with E-state index in [2.05, 4.69) is 11.6 Å². The summed E-state index contributed by atoms with van der Waals surface area (Å²) in [5.74, 6) is 1.64. The van der Waals surface area contributed by atoms with Crippen molar-refractivity contribution in [3.63, 3.8) is 0 Å². The van der Waals surface area contributed by atoms with E-state index in [-0.39, 0.29) is 5.91 Å². The van der Waals surface area contributed by atoms with Crippen LogP contribution in [0.15, 0.2) is 60.5 Å². The minimum atomic E-state index is -0.285. The SMILES string of the molecule is C=CC(=O)N(c1ccc(OCC)c(OC)c1)c1nc(-c2ccc(OC)cc2)cs1. The lowest BCUT2D eigenvalue weighted by Crippen LogP contribution is -2.23. The van der Waals surface area contributed by atoms with Gasteiger partial charge in [-0.2, -0.15) is 0 Å². The lowest BCUT2D eigenvalue weighted by Gasteiger charge is -2.20. The van der Waals surface area contributed by atoms with Crippen molar-refractivity contribution in [2.45, 2.75) is 6.92 Å². The Morgan fingerprint density at radius 1 is 1.14 bits per heavy atom. The number of hydrogen-bond acceptors (Lipinski definition) is 6. The van der Waals surface area contributed by atoms with E-state index in [1.165, 1.54) is 22.3 Å². The Labute approximate surface area is 174 Å². The van der Waals surface area contributed by atoms with Crippen LogP contribution in [0.1, 0.15) is 6.92 Å². The van der Waals surface area contributed by atoms with Crippen molar-refractivity contribution < 1.29 is 19.0 Å². The van der Waals surface area contributed by atoms with Gasteiger partial charge in [0, 0.05) is 17.0 Å². The summed E-state index contributed by atoms with van der Waals surface area (Å²) in [6.07, 6.45) is 1.26. The number of aromatic nitrogens is 1. The van der Waals surface area contributed by atoms with Crippen LogP contribution in [-0.2, 0) is 4.79 Å². The Balaban J connectivity index is 1.99. The molecule has 3 aromatic rings. The first-order valence-electron chi connectivity index (χ1n) is 8.98. The summed E-state index contributed by atoms with van der Waals surface area (Å²) in [6.45, 7) is 6.04. The van der Waals surface area contributed by atoms with E-state index in [0.717, 1.165) is 17.0 Å². The molecule has 3 rings (SSSR count). The van der Waals surface area contributed by atoms with Gasteiger partial charge in [0.15, 0.2) is 16.6 Å². The maximum Gasteiger partial charge on any atom is 0.256 e. The summed E-state index contributed by atoms with van der Waals surface area (Å²) in [7, 11) is 3.19. The van der Waals surface area contributed by atoms with Crippen LogP contribution in [0.25, 0.3) is 11.3 Å². The summed E-state index contributed by atoms with van der Waals surface area (Å²) < 4.78 is 16.2. The zero-order valence-corrected chi connectivity index (χ0v) is 17.4. The molecule has 2 aromatic carbocycles. The highest BCUT2D eigenvalue weighted by atomic mass is 32.1. The number of methoxy groups -OCH3 is 2. The molecule has 0 saturated carbocycles. The first-order chi connectivity index (χ1) is 14.1. The zero-order chi connectivity index (χ0) is 20.8. The van der Waals surface area contributed by atoms with Crippen molar-refractivity contribution in [3.05, 3.63) is 60.5 Å². The fourth-order valence-corrected chi connectivity index (χ4v) is 3.61. The lowest BCUT2D eigenvalue weighted by atomic mass is 10.2. The second-order valence-corrected chi connectivity index (χ2v) is 6.73. The van der Waals surface area contributed by atoms with Crippen LogP contribution in [-0.4, -0.2) is 31.7 Å². The lowest BCUT2D eigenvalue weighted by molar-refractivity contribution is -0.113. The first-order valence-corrected chi connectivity index (χ1v) is 9.86. The molecule has 0 aliphatic heterocycles. The Bertz CT molecular complexity index is 998. The van der Waals surface area contributed by atoms with E-state index in [9.17, 15) is 4.79 Å². The Hall–Kier alpha value is -3.32. The largest absolute Gasteiger partial charge is 0.497 e. The zero-order valence-electron chi connectivity index (χ0n) is 16.5. The fourth-order valence-electron chi connectivity index (χ4n) is 2.75. The van der Waals surface area contributed by atoms with E-state index in [4.69, 9.17) is 14.2 Å². The molecule has 1 heterocycles. The van der Waals surface area contributed by atoms with Crippen LogP contribution in [0, 0.1) is 0 Å². The molecule has 0 unspecified atom stereocenters. The molecule has 0 fully saturated rings. The number of carbonyl (C=O) groups is 1. The van der Waals surface area contributed by atoms with Crippen LogP contribution < -0.4 is 19.1 Å². The molecule has 1 aromatic heterocycles. The molecule has 29 heavy (non-hydrogen) atoms. The third kappa shape index (κ3) is 4.41. The van der Waals surface area contributed by atoms with Gasteiger partial charge in [-0.05, 0) is 49.4 Å². The number of thiazole rings is 1. The van der Waals surface area contributed by atoms with Crippen LogP contribution in [0.2, 0.25) is 0 Å². The monoisotopic (exact) mass is 410 g/mol. The van der Waals surface area contributed by atoms with Crippen molar-refractivity contribution in [2.24, 2.45) is 0 Å². The van der Waals surface area contributed by atoms with Crippen LogP contribution >= 0.6 is 11.3 Å². The third-order valence-corrected chi connectivity index (χ3v) is 5.00. The van der Waals surface area contributed by atoms with E-state index < -0.39 is 0 Å². The number of hydrogen-bond donors (Lipinski definition) is 0. The maximum absolute atomic E-state index is 12.6. The van der Waals surface area contributed by atoms with Gasteiger partial charge in [0.1, 0.15) is 5.75 Å². The Kier molecular flexibility index (Phi) is 6.51. The number of benzene rings is 2. The first kappa shape index (κ1) is 20.4. The van der Waals surface area contributed by atoms with Gasteiger partial charge in [-0.25, -0.2) is 4.98 Å². The molecule has 0 bridgehead atoms. The summed E-state index contributed by atoms with van der Waals surface area (Å²) in [6, 6.07) is 12.9. The molecule has 150 valence electrons. The highest BCUT2D eigenvalue weighted by Gasteiger charge is 2.21. The predicted molar refractivity (Wildman–Crippen MR) is 116 cm³/mol. The van der Waals surface area contributed by atoms with Crippen LogP contribution in [0.5, 0.6) is 17.2 Å². The van der Waals surface area contributed by atoms with Crippen molar-refractivity contribution in [3.8, 4) is 28.5 Å². The fraction of sp³-hybridized carbons (Fsp3) is 0.182. The Morgan fingerprint density at radius 3 is 2.52 bits per heavy atom. The maximum atomic E-state index is 12.6. The number of ether oxygens (including phenoxy) is 3. The molecule has 0 N–H and O–H groups in total. The number of amides is 1. The van der Waals surface area contributed by atoms with Crippen molar-refractivity contribution in [1.82, 2.24) is 4.98 Å². The molecule has 6 nitrogen and oxygen atoms in total. The molecule has 0 aliphatic carbocycles. The quantitative estimate of drug-likeness (QED) is 0.485. The second kappa shape index (κ2) is 9.25. The van der Waals surface area contributed by atoms with E-state index in [1.807, 2.05) is 36.6 Å². The minimum Gasteiger partial charge on any atom is -0.497 e. The number of nitrogens with zero attached hydrogens (tertiary/aromatic N) is 2. The van der Waals surface area contributed by atoms with Gasteiger partial charge < -0.3 is 14.2 Å². The molecular formula is C22H22N2O4S. The molecule has 0 saturated heterocycles. The molecule has 7 heteroatoms. The van der Waals surface area contributed by atoms with Gasteiger partial charge in [0.25, 0.3) is 5.91 Å². The molecule has 0 aliphatic rings. The standard InChI is InChI=1S/C22H22N2O4S/c1-5-21(25)24(16-9-12-19(28-6-2)20(13-16)27-4)22-23-18(14-29-22)15-7-10-17(26-3)11-8-15/h5,7-14H,1,6H2,2-4H3. The third-order valence-electron chi connectivity index (χ3n) is 4.17. The summed E-state index contributed by atoms with van der Waals surface area (Å²) >= 11 is 1.37. The molecule has 1 amide bonds. The van der Waals surface area contributed by atoms with Gasteiger partial charge in [0.2, 0.25) is 0 Å². The molecule has 0 atom stereocenters. The molecule has 0 radical (unpaired) electrons. The number of carbonyl (C=O) groups excluding carboxylic acids is 1. The topological polar surface area (TPSA) is 60.9 Å². The minimum absolute atomic E-state index is 0.285. The Morgan fingerprint density at radius 2 is 1.90 bits per heavy atom. The van der Waals surface area contributed by atoms with Gasteiger partial charge in [-0.1, -0.05) is 6.58 Å².